The summed E-state index contributed by atoms with van der Waals surface area (Å²) in [7, 11) is 1.60. The first-order chi connectivity index (χ1) is 4.74. The lowest BCUT2D eigenvalue weighted by molar-refractivity contribution is 0.699. The summed E-state index contributed by atoms with van der Waals surface area (Å²) >= 11 is 0. The van der Waals surface area contributed by atoms with E-state index in [1.165, 1.54) is 10.7 Å². The molecule has 0 aliphatic rings. The van der Waals surface area contributed by atoms with Crippen LogP contribution in [-0.4, -0.2) is 9.78 Å². The minimum absolute atomic E-state index is 0.122. The summed E-state index contributed by atoms with van der Waals surface area (Å²) in [6, 6.07) is 1.48. The van der Waals surface area contributed by atoms with Gasteiger partial charge in [0.25, 0.3) is 5.56 Å². The van der Waals surface area contributed by atoms with E-state index in [1.807, 2.05) is 0 Å². The predicted molar refractivity (Wildman–Crippen MR) is 37.4 cm³/mol. The van der Waals surface area contributed by atoms with Crippen LogP contribution in [0.25, 0.3) is 0 Å². The van der Waals surface area contributed by atoms with E-state index in [0.29, 0.717) is 6.54 Å². The number of rotatable bonds is 1. The second kappa shape index (κ2) is 2.62. The van der Waals surface area contributed by atoms with Crippen LogP contribution in [-0.2, 0) is 13.6 Å². The molecule has 1 aromatic rings. The molecule has 10 heavy (non-hydrogen) atoms. The van der Waals surface area contributed by atoms with Gasteiger partial charge in [0.2, 0.25) is 0 Å². The van der Waals surface area contributed by atoms with Crippen molar-refractivity contribution >= 4 is 0 Å². The smallest absolute Gasteiger partial charge is 0.266 e. The minimum Gasteiger partial charge on any atom is -0.326 e. The molecule has 0 saturated carbocycles. The van der Waals surface area contributed by atoms with Gasteiger partial charge in [-0.25, -0.2) is 4.68 Å². The molecule has 0 bridgehead atoms. The Morgan fingerprint density at radius 3 is 3.00 bits per heavy atom. The highest BCUT2D eigenvalue weighted by Crippen LogP contribution is 1.86. The third kappa shape index (κ3) is 1.22. The van der Waals surface area contributed by atoms with Crippen molar-refractivity contribution < 1.29 is 0 Å². The fourth-order valence-corrected chi connectivity index (χ4v) is 0.619. The Morgan fingerprint density at radius 1 is 1.80 bits per heavy atom. The normalized spacial score (nSPS) is 9.80. The molecule has 0 amide bonds. The zero-order valence-electron chi connectivity index (χ0n) is 5.74. The van der Waals surface area contributed by atoms with E-state index in [0.717, 1.165) is 5.56 Å². The van der Waals surface area contributed by atoms with Gasteiger partial charge >= 0.3 is 0 Å². The van der Waals surface area contributed by atoms with Gasteiger partial charge in [0.05, 0.1) is 6.20 Å². The predicted octanol–water partition coefficient (Wildman–Crippen LogP) is -0.761. The zero-order valence-corrected chi connectivity index (χ0v) is 5.74. The van der Waals surface area contributed by atoms with Gasteiger partial charge < -0.3 is 5.73 Å². The molecule has 1 heterocycles. The molecule has 1 aromatic heterocycles. The van der Waals surface area contributed by atoms with E-state index in [2.05, 4.69) is 5.10 Å². The highest BCUT2D eigenvalue weighted by molar-refractivity contribution is 5.04. The van der Waals surface area contributed by atoms with Crippen LogP contribution in [0, 0.1) is 0 Å². The van der Waals surface area contributed by atoms with Gasteiger partial charge in [0.15, 0.2) is 0 Å². The molecule has 0 spiro atoms. The molecule has 0 radical (unpaired) electrons. The van der Waals surface area contributed by atoms with Crippen molar-refractivity contribution in [1.29, 1.82) is 0 Å². The summed E-state index contributed by atoms with van der Waals surface area (Å²) in [5.74, 6) is 0. The van der Waals surface area contributed by atoms with Crippen molar-refractivity contribution in [1.82, 2.24) is 9.78 Å². The van der Waals surface area contributed by atoms with Crippen LogP contribution in [0.3, 0.4) is 0 Å². The van der Waals surface area contributed by atoms with Crippen LogP contribution >= 0.6 is 0 Å². The molecule has 1 rings (SSSR count). The summed E-state index contributed by atoms with van der Waals surface area (Å²) in [6.45, 7) is 0.364. The fourth-order valence-electron chi connectivity index (χ4n) is 0.619. The Labute approximate surface area is 58.3 Å². The highest BCUT2D eigenvalue weighted by atomic mass is 16.1. The van der Waals surface area contributed by atoms with Crippen molar-refractivity contribution in [3.63, 3.8) is 0 Å². The largest absolute Gasteiger partial charge is 0.326 e. The van der Waals surface area contributed by atoms with Crippen LogP contribution in [0.4, 0.5) is 0 Å². The fraction of sp³-hybridized carbons (Fsp3) is 0.333. The SMILES string of the molecule is Cn1ncc(CN)cc1=O. The number of nitrogens with zero attached hydrogens (tertiary/aromatic N) is 2. The van der Waals surface area contributed by atoms with Gasteiger partial charge in [-0.3, -0.25) is 4.79 Å². The van der Waals surface area contributed by atoms with E-state index < -0.39 is 0 Å². The average Bonchev–Trinajstić information content (AvgIpc) is 1.95. The summed E-state index contributed by atoms with van der Waals surface area (Å²) < 4.78 is 1.26. The molecule has 4 nitrogen and oxygen atoms in total. The molecule has 0 aromatic carbocycles. The van der Waals surface area contributed by atoms with E-state index >= 15 is 0 Å². The number of aryl methyl sites for hydroxylation is 1. The Balaban J connectivity index is 3.17. The van der Waals surface area contributed by atoms with Crippen molar-refractivity contribution in [2.24, 2.45) is 12.8 Å². The van der Waals surface area contributed by atoms with Crippen LogP contribution in [0.2, 0.25) is 0 Å². The van der Waals surface area contributed by atoms with Gasteiger partial charge in [-0.2, -0.15) is 5.10 Å². The maximum Gasteiger partial charge on any atom is 0.266 e. The molecule has 4 heteroatoms. The maximum absolute atomic E-state index is 10.8. The molecule has 0 fully saturated rings. The lowest BCUT2D eigenvalue weighted by atomic mass is 10.3. The van der Waals surface area contributed by atoms with Crippen LogP contribution < -0.4 is 11.3 Å². The van der Waals surface area contributed by atoms with Crippen LogP contribution in [0.15, 0.2) is 17.1 Å². The molecule has 0 aliphatic carbocycles. The Bertz CT molecular complexity index is 279. The number of hydrogen-bond acceptors (Lipinski definition) is 3. The second-order valence-electron chi connectivity index (χ2n) is 2.03. The van der Waals surface area contributed by atoms with Crippen LogP contribution in [0.1, 0.15) is 5.56 Å². The topological polar surface area (TPSA) is 60.9 Å². The lowest BCUT2D eigenvalue weighted by Gasteiger charge is -1.95. The summed E-state index contributed by atoms with van der Waals surface area (Å²) in [6.07, 6.45) is 1.58. The first-order valence-electron chi connectivity index (χ1n) is 2.96. The third-order valence-corrected chi connectivity index (χ3v) is 1.26. The van der Waals surface area contributed by atoms with Gasteiger partial charge in [-0.1, -0.05) is 0 Å². The second-order valence-corrected chi connectivity index (χ2v) is 2.03. The first-order valence-corrected chi connectivity index (χ1v) is 2.96. The van der Waals surface area contributed by atoms with Crippen molar-refractivity contribution in [2.75, 3.05) is 0 Å². The molecule has 0 saturated heterocycles. The monoisotopic (exact) mass is 139 g/mol. The minimum atomic E-state index is -0.122. The molecule has 0 unspecified atom stereocenters. The first kappa shape index (κ1) is 6.95. The summed E-state index contributed by atoms with van der Waals surface area (Å²) in [5, 5.41) is 3.77. The highest BCUT2D eigenvalue weighted by Gasteiger charge is 1.91. The van der Waals surface area contributed by atoms with E-state index in [4.69, 9.17) is 5.73 Å². The Hall–Kier alpha value is -1.16. The quantitative estimate of drug-likeness (QED) is 0.556. The molecule has 0 atom stereocenters. The third-order valence-electron chi connectivity index (χ3n) is 1.26. The number of hydrogen-bond donors (Lipinski definition) is 1. The van der Waals surface area contributed by atoms with Crippen molar-refractivity contribution in [2.45, 2.75) is 6.54 Å². The summed E-state index contributed by atoms with van der Waals surface area (Å²) in [4.78, 5) is 10.8. The molecule has 2 N–H and O–H groups in total. The van der Waals surface area contributed by atoms with Gasteiger partial charge in [0.1, 0.15) is 0 Å². The van der Waals surface area contributed by atoms with Crippen LogP contribution in [0.5, 0.6) is 0 Å². The van der Waals surface area contributed by atoms with Gasteiger partial charge in [0, 0.05) is 19.7 Å². The van der Waals surface area contributed by atoms with E-state index in [-0.39, 0.29) is 5.56 Å². The number of nitrogens with two attached hydrogens (primary N) is 1. The molecule has 54 valence electrons. The van der Waals surface area contributed by atoms with Crippen molar-refractivity contribution in [3.05, 3.63) is 28.2 Å². The molecular formula is C6H9N3O. The zero-order chi connectivity index (χ0) is 7.56. The van der Waals surface area contributed by atoms with E-state index in [1.54, 1.807) is 13.2 Å². The van der Waals surface area contributed by atoms with Crippen molar-refractivity contribution in [3.8, 4) is 0 Å². The standard InChI is InChI=1S/C6H9N3O/c1-9-6(10)2-5(3-7)4-8-9/h2,4H,3,7H2,1H3. The lowest BCUT2D eigenvalue weighted by Crippen LogP contribution is -2.19. The van der Waals surface area contributed by atoms with Gasteiger partial charge in [-0.15, -0.1) is 0 Å². The average molecular weight is 139 g/mol. The summed E-state index contributed by atoms with van der Waals surface area (Å²) in [5.41, 5.74) is 5.93. The molecular weight excluding hydrogens is 130 g/mol. The van der Waals surface area contributed by atoms with Gasteiger partial charge in [-0.05, 0) is 5.56 Å². The Morgan fingerprint density at radius 2 is 2.50 bits per heavy atom. The molecule has 0 aliphatic heterocycles. The number of aromatic nitrogens is 2. The maximum atomic E-state index is 10.8. The Kier molecular flexibility index (Phi) is 1.82. The van der Waals surface area contributed by atoms with E-state index in [9.17, 15) is 4.79 Å².